The summed E-state index contributed by atoms with van der Waals surface area (Å²) in [7, 11) is 1.86. The second kappa shape index (κ2) is 9.16. The fraction of sp³-hybridized carbons (Fsp3) is 0.474. The van der Waals surface area contributed by atoms with Crippen LogP contribution in [0.3, 0.4) is 0 Å². The molecule has 8 heteroatoms. The van der Waals surface area contributed by atoms with Gasteiger partial charge < -0.3 is 16.0 Å². The first kappa shape index (κ1) is 18.9. The minimum Gasteiger partial charge on any atom is -0.357 e. The van der Waals surface area contributed by atoms with Gasteiger partial charge in [0.1, 0.15) is 12.2 Å². The van der Waals surface area contributed by atoms with Gasteiger partial charge in [-0.05, 0) is 37.5 Å². The van der Waals surface area contributed by atoms with E-state index < -0.39 is 0 Å². The number of nitrogens with zero attached hydrogens (tertiary/aromatic N) is 4. The normalized spacial score (nSPS) is 14.5. The summed E-state index contributed by atoms with van der Waals surface area (Å²) in [5.74, 6) is 1.85. The minimum atomic E-state index is 0.126. The van der Waals surface area contributed by atoms with Crippen LogP contribution in [0.5, 0.6) is 0 Å². The van der Waals surface area contributed by atoms with Gasteiger partial charge in [-0.15, -0.1) is 0 Å². The lowest BCUT2D eigenvalue weighted by Gasteiger charge is -2.24. The average molecular weight is 369 g/mol. The van der Waals surface area contributed by atoms with E-state index in [1.165, 1.54) is 6.33 Å². The van der Waals surface area contributed by atoms with Crippen molar-refractivity contribution >= 4 is 17.6 Å². The molecule has 27 heavy (non-hydrogen) atoms. The Morgan fingerprint density at radius 1 is 1.33 bits per heavy atom. The Bertz CT molecular complexity index is 795. The van der Waals surface area contributed by atoms with Crippen molar-refractivity contribution in [3.8, 4) is 0 Å². The second-order valence-corrected chi connectivity index (χ2v) is 6.67. The van der Waals surface area contributed by atoms with Crippen LogP contribution in [0.4, 0.5) is 5.69 Å². The largest absolute Gasteiger partial charge is 0.357 e. The molecule has 1 heterocycles. The molecule has 1 saturated carbocycles. The third-order valence-corrected chi connectivity index (χ3v) is 4.65. The predicted molar refractivity (Wildman–Crippen MR) is 105 cm³/mol. The summed E-state index contributed by atoms with van der Waals surface area (Å²) >= 11 is 0. The maximum Gasteiger partial charge on any atom is 0.227 e. The molecule has 0 radical (unpaired) electrons. The molecule has 0 aliphatic heterocycles. The van der Waals surface area contributed by atoms with E-state index in [1.807, 2.05) is 38.2 Å². The Morgan fingerprint density at radius 3 is 2.85 bits per heavy atom. The van der Waals surface area contributed by atoms with E-state index in [0.29, 0.717) is 19.0 Å². The quantitative estimate of drug-likeness (QED) is 0.511. The van der Waals surface area contributed by atoms with Gasteiger partial charge in [-0.1, -0.05) is 18.6 Å². The lowest BCUT2D eigenvalue weighted by Crippen LogP contribution is -2.37. The average Bonchev–Trinajstić information content (AvgIpc) is 3.01. The topological polar surface area (TPSA) is 96.2 Å². The van der Waals surface area contributed by atoms with Crippen molar-refractivity contribution in [1.82, 2.24) is 25.4 Å². The zero-order chi connectivity index (χ0) is 19.1. The van der Waals surface area contributed by atoms with Gasteiger partial charge in [0, 0.05) is 25.2 Å². The molecular formula is C19H27N7O. The molecule has 1 fully saturated rings. The summed E-state index contributed by atoms with van der Waals surface area (Å²) in [5, 5.41) is 13.6. The van der Waals surface area contributed by atoms with Crippen molar-refractivity contribution in [2.75, 3.05) is 11.9 Å². The Hall–Kier alpha value is -2.90. The van der Waals surface area contributed by atoms with E-state index >= 15 is 0 Å². The molecule has 1 aromatic heterocycles. The summed E-state index contributed by atoms with van der Waals surface area (Å²) in [5.41, 5.74) is 1.87. The monoisotopic (exact) mass is 369 g/mol. The first-order valence-electron chi connectivity index (χ1n) is 9.40. The van der Waals surface area contributed by atoms with Crippen LogP contribution in [0.15, 0.2) is 35.6 Å². The van der Waals surface area contributed by atoms with Crippen LogP contribution in [-0.4, -0.2) is 33.2 Å². The minimum absolute atomic E-state index is 0.126. The Balaban J connectivity index is 1.58. The molecular weight excluding hydrogens is 342 g/mol. The van der Waals surface area contributed by atoms with Crippen LogP contribution >= 0.6 is 0 Å². The van der Waals surface area contributed by atoms with Gasteiger partial charge in [0.2, 0.25) is 5.91 Å². The van der Waals surface area contributed by atoms with E-state index in [2.05, 4.69) is 31.0 Å². The number of hydrogen-bond acceptors (Lipinski definition) is 4. The van der Waals surface area contributed by atoms with E-state index in [-0.39, 0.29) is 11.8 Å². The molecule has 8 nitrogen and oxygen atoms in total. The highest BCUT2D eigenvalue weighted by Crippen LogP contribution is 2.27. The lowest BCUT2D eigenvalue weighted by molar-refractivity contribution is -0.122. The molecule has 3 rings (SSSR count). The summed E-state index contributed by atoms with van der Waals surface area (Å²) in [6.07, 6.45) is 4.68. The molecule has 0 unspecified atom stereocenters. The van der Waals surface area contributed by atoms with Gasteiger partial charge in [0.05, 0.1) is 13.1 Å². The maximum atomic E-state index is 12.1. The molecule has 0 bridgehead atoms. The molecule has 0 spiro atoms. The molecule has 3 N–H and O–H groups in total. The van der Waals surface area contributed by atoms with Crippen molar-refractivity contribution in [3.63, 3.8) is 0 Å². The highest BCUT2D eigenvalue weighted by Gasteiger charge is 2.25. The van der Waals surface area contributed by atoms with Gasteiger partial charge in [-0.3, -0.25) is 9.48 Å². The third kappa shape index (κ3) is 5.29. The summed E-state index contributed by atoms with van der Waals surface area (Å²) in [4.78, 5) is 20.9. The van der Waals surface area contributed by atoms with Gasteiger partial charge in [-0.2, -0.15) is 5.10 Å². The fourth-order valence-electron chi connectivity index (χ4n) is 2.82. The third-order valence-electron chi connectivity index (χ3n) is 4.65. The van der Waals surface area contributed by atoms with Crippen LogP contribution in [0.1, 0.15) is 37.6 Å². The molecule has 1 aromatic carbocycles. The molecule has 1 amide bonds. The van der Waals surface area contributed by atoms with Crippen LogP contribution in [0.2, 0.25) is 0 Å². The van der Waals surface area contributed by atoms with E-state index in [0.717, 1.165) is 42.9 Å². The number of carbonyl (C=O) groups excluding carboxylic acids is 1. The molecule has 2 aromatic rings. The van der Waals surface area contributed by atoms with Crippen molar-refractivity contribution in [1.29, 1.82) is 0 Å². The fourth-order valence-corrected chi connectivity index (χ4v) is 2.82. The molecule has 1 aliphatic rings. The standard InChI is InChI=1S/C19H27N7O/c1-3-20-19(22-12-17-23-13-24-26(17)2)21-11-14-6-4-9-16(10-14)25-18(27)15-7-5-8-15/h4,6,9-10,13,15H,3,5,7-8,11-12H2,1-2H3,(H,25,27)(H2,20,21,22). The number of hydrogen-bond donors (Lipinski definition) is 3. The van der Waals surface area contributed by atoms with Crippen molar-refractivity contribution in [2.45, 2.75) is 39.3 Å². The molecule has 0 atom stereocenters. The van der Waals surface area contributed by atoms with Crippen LogP contribution < -0.4 is 16.0 Å². The van der Waals surface area contributed by atoms with Crippen LogP contribution in [0.25, 0.3) is 0 Å². The number of aryl methyl sites for hydroxylation is 1. The number of anilines is 1. The number of rotatable bonds is 7. The van der Waals surface area contributed by atoms with E-state index in [9.17, 15) is 4.79 Å². The lowest BCUT2D eigenvalue weighted by atomic mass is 9.85. The number of carbonyl (C=O) groups is 1. The highest BCUT2D eigenvalue weighted by atomic mass is 16.1. The number of amides is 1. The summed E-state index contributed by atoms with van der Waals surface area (Å²) in [6.45, 7) is 3.85. The SMILES string of the molecule is CCNC(=NCc1cccc(NC(=O)C2CCC2)c1)NCc1ncnn1C. The van der Waals surface area contributed by atoms with Crippen molar-refractivity contribution < 1.29 is 4.79 Å². The smallest absolute Gasteiger partial charge is 0.227 e. The van der Waals surface area contributed by atoms with E-state index in [4.69, 9.17) is 0 Å². The number of aliphatic imine (C=N–C) groups is 1. The predicted octanol–water partition coefficient (Wildman–Crippen LogP) is 1.81. The van der Waals surface area contributed by atoms with Gasteiger partial charge in [-0.25, -0.2) is 9.98 Å². The summed E-state index contributed by atoms with van der Waals surface area (Å²) in [6, 6.07) is 7.85. The zero-order valence-corrected chi connectivity index (χ0v) is 15.9. The van der Waals surface area contributed by atoms with E-state index in [1.54, 1.807) is 4.68 Å². The summed E-state index contributed by atoms with van der Waals surface area (Å²) < 4.78 is 1.73. The Kier molecular flexibility index (Phi) is 6.40. The number of guanidine groups is 1. The van der Waals surface area contributed by atoms with Gasteiger partial charge >= 0.3 is 0 Å². The zero-order valence-electron chi connectivity index (χ0n) is 15.9. The second-order valence-electron chi connectivity index (χ2n) is 6.67. The Morgan fingerprint density at radius 2 is 2.19 bits per heavy atom. The number of benzene rings is 1. The number of nitrogens with one attached hydrogen (secondary N) is 3. The maximum absolute atomic E-state index is 12.1. The van der Waals surface area contributed by atoms with Crippen molar-refractivity contribution in [3.05, 3.63) is 42.0 Å². The Labute approximate surface area is 159 Å². The van der Waals surface area contributed by atoms with Gasteiger partial charge in [0.25, 0.3) is 0 Å². The highest BCUT2D eigenvalue weighted by molar-refractivity contribution is 5.93. The molecule has 1 aliphatic carbocycles. The molecule has 0 saturated heterocycles. The van der Waals surface area contributed by atoms with Crippen molar-refractivity contribution in [2.24, 2.45) is 18.0 Å². The molecule has 144 valence electrons. The van der Waals surface area contributed by atoms with Gasteiger partial charge in [0.15, 0.2) is 5.96 Å². The van der Waals surface area contributed by atoms with Crippen LogP contribution in [0, 0.1) is 5.92 Å². The first-order valence-corrected chi connectivity index (χ1v) is 9.40. The first-order chi connectivity index (χ1) is 13.2. The number of aromatic nitrogens is 3. The van der Waals surface area contributed by atoms with Crippen LogP contribution in [-0.2, 0) is 24.9 Å².